The van der Waals surface area contributed by atoms with Gasteiger partial charge in [0.15, 0.2) is 0 Å². The molecule has 0 unspecified atom stereocenters. The van der Waals surface area contributed by atoms with E-state index >= 15 is 0 Å². The van der Waals surface area contributed by atoms with Gasteiger partial charge in [-0.3, -0.25) is 4.79 Å². The van der Waals surface area contributed by atoms with E-state index in [1.165, 1.54) is 69.8 Å². The number of nitrogens with zero attached hydrogens (tertiary/aromatic N) is 1. The number of carbonyl (C=O) groups excluding carboxylic acids is 2. The molecule has 0 fully saturated rings. The van der Waals surface area contributed by atoms with Crippen LogP contribution in [0.15, 0.2) is 30.3 Å². The van der Waals surface area contributed by atoms with Gasteiger partial charge >= 0.3 is 12.1 Å². The first-order valence-electron chi connectivity index (χ1n) is 12.8. The van der Waals surface area contributed by atoms with E-state index in [1.54, 1.807) is 13.8 Å². The number of esters is 1. The Morgan fingerprint density at radius 1 is 0.818 bits per heavy atom. The molecule has 0 bridgehead atoms. The SMILES string of the molecule is CC(C)C(=O)OCCOC(=O)NCCN(C)CCCCCCCCCCCc1ccccc1. The molecule has 0 radical (unpaired) electrons. The molecule has 0 aliphatic rings. The van der Waals surface area contributed by atoms with E-state index in [2.05, 4.69) is 47.6 Å². The number of rotatable bonds is 19. The van der Waals surface area contributed by atoms with Crippen LogP contribution in [0.25, 0.3) is 0 Å². The Morgan fingerprint density at radius 3 is 2.03 bits per heavy atom. The summed E-state index contributed by atoms with van der Waals surface area (Å²) in [4.78, 5) is 25.2. The topological polar surface area (TPSA) is 67.9 Å². The number of amides is 1. The molecule has 1 aromatic carbocycles. The largest absolute Gasteiger partial charge is 0.462 e. The molecule has 0 aliphatic heterocycles. The molecule has 0 saturated heterocycles. The Labute approximate surface area is 201 Å². The van der Waals surface area contributed by atoms with Crippen LogP contribution in [0, 0.1) is 5.92 Å². The number of hydrogen-bond acceptors (Lipinski definition) is 5. The minimum Gasteiger partial charge on any atom is -0.462 e. The highest BCUT2D eigenvalue weighted by molar-refractivity contribution is 5.71. The maximum absolute atomic E-state index is 11.6. The molecule has 0 atom stereocenters. The summed E-state index contributed by atoms with van der Waals surface area (Å²) in [5, 5.41) is 2.73. The number of ether oxygens (including phenoxy) is 2. The van der Waals surface area contributed by atoms with Crippen LogP contribution in [0.4, 0.5) is 4.79 Å². The Kier molecular flexibility index (Phi) is 17.0. The van der Waals surface area contributed by atoms with E-state index in [0.29, 0.717) is 6.54 Å². The van der Waals surface area contributed by atoms with Crippen molar-refractivity contribution in [1.29, 1.82) is 0 Å². The van der Waals surface area contributed by atoms with Crippen molar-refractivity contribution >= 4 is 12.1 Å². The Morgan fingerprint density at radius 2 is 1.39 bits per heavy atom. The molecule has 1 rings (SSSR count). The molecule has 0 heterocycles. The third-order valence-corrected chi connectivity index (χ3v) is 5.64. The van der Waals surface area contributed by atoms with Crippen LogP contribution in [0.5, 0.6) is 0 Å². The second-order valence-corrected chi connectivity index (χ2v) is 9.11. The number of hydrogen-bond donors (Lipinski definition) is 1. The van der Waals surface area contributed by atoms with E-state index in [4.69, 9.17) is 9.47 Å². The number of unbranched alkanes of at least 4 members (excludes halogenated alkanes) is 8. The number of benzene rings is 1. The summed E-state index contributed by atoms with van der Waals surface area (Å²) in [5.41, 5.74) is 1.46. The summed E-state index contributed by atoms with van der Waals surface area (Å²) >= 11 is 0. The fourth-order valence-corrected chi connectivity index (χ4v) is 3.55. The third kappa shape index (κ3) is 17.1. The van der Waals surface area contributed by atoms with Crippen LogP contribution in [0.1, 0.15) is 77.2 Å². The van der Waals surface area contributed by atoms with Gasteiger partial charge in [-0.05, 0) is 38.4 Å². The van der Waals surface area contributed by atoms with Crippen molar-refractivity contribution in [2.45, 2.75) is 78.1 Å². The van der Waals surface area contributed by atoms with Crippen LogP contribution in [-0.2, 0) is 20.7 Å². The third-order valence-electron chi connectivity index (χ3n) is 5.64. The van der Waals surface area contributed by atoms with Gasteiger partial charge in [0.1, 0.15) is 13.2 Å². The molecule has 1 N–H and O–H groups in total. The standard InChI is InChI=1S/C27H46N2O4/c1-24(2)26(30)32-22-23-33-27(31)28-19-21-29(3)20-15-10-8-6-4-5-7-9-12-16-25-17-13-11-14-18-25/h11,13-14,17-18,24H,4-10,12,15-16,19-23H2,1-3H3,(H,28,31). The molecule has 0 aromatic heterocycles. The summed E-state index contributed by atoms with van der Waals surface area (Å²) in [7, 11) is 2.08. The van der Waals surface area contributed by atoms with Gasteiger partial charge in [0, 0.05) is 13.1 Å². The van der Waals surface area contributed by atoms with Crippen molar-refractivity contribution in [3.8, 4) is 0 Å². The second kappa shape index (κ2) is 19.4. The van der Waals surface area contributed by atoms with E-state index in [0.717, 1.165) is 13.1 Å². The zero-order valence-electron chi connectivity index (χ0n) is 21.2. The summed E-state index contributed by atoms with van der Waals surface area (Å²) in [5.74, 6) is -0.454. The van der Waals surface area contributed by atoms with E-state index in [-0.39, 0.29) is 25.1 Å². The monoisotopic (exact) mass is 462 g/mol. The first-order chi connectivity index (χ1) is 16.0. The van der Waals surface area contributed by atoms with E-state index < -0.39 is 6.09 Å². The van der Waals surface area contributed by atoms with Crippen LogP contribution in [-0.4, -0.2) is 56.9 Å². The van der Waals surface area contributed by atoms with E-state index in [9.17, 15) is 9.59 Å². The lowest BCUT2D eigenvalue weighted by Crippen LogP contribution is -2.34. The number of alkyl carbamates (subject to hydrolysis) is 1. The van der Waals surface area contributed by atoms with Crippen molar-refractivity contribution in [3.63, 3.8) is 0 Å². The maximum atomic E-state index is 11.6. The minimum absolute atomic E-state index is 0.0772. The highest BCUT2D eigenvalue weighted by atomic mass is 16.6. The maximum Gasteiger partial charge on any atom is 0.407 e. The number of likely N-dealkylation sites (N-methyl/N-ethyl adjacent to an activating group) is 1. The van der Waals surface area contributed by atoms with Gasteiger partial charge in [-0.1, -0.05) is 89.1 Å². The second-order valence-electron chi connectivity index (χ2n) is 9.11. The van der Waals surface area contributed by atoms with Crippen molar-refractivity contribution in [2.75, 3.05) is 39.9 Å². The number of nitrogens with one attached hydrogen (secondary N) is 1. The smallest absolute Gasteiger partial charge is 0.407 e. The zero-order chi connectivity index (χ0) is 24.2. The van der Waals surface area contributed by atoms with Crippen LogP contribution < -0.4 is 5.32 Å². The summed E-state index contributed by atoms with van der Waals surface area (Å²) in [6, 6.07) is 10.8. The van der Waals surface area contributed by atoms with Crippen LogP contribution in [0.2, 0.25) is 0 Å². The Hall–Kier alpha value is -2.08. The first kappa shape index (κ1) is 29.0. The molecule has 1 amide bonds. The van der Waals surface area contributed by atoms with Crippen molar-refractivity contribution < 1.29 is 19.1 Å². The lowest BCUT2D eigenvalue weighted by molar-refractivity contribution is -0.148. The van der Waals surface area contributed by atoms with Crippen molar-refractivity contribution in [3.05, 3.63) is 35.9 Å². The number of aryl methyl sites for hydroxylation is 1. The minimum atomic E-state index is -0.468. The molecule has 0 saturated carbocycles. The predicted molar refractivity (Wildman–Crippen MR) is 134 cm³/mol. The van der Waals surface area contributed by atoms with Gasteiger partial charge < -0.3 is 19.7 Å². The highest BCUT2D eigenvalue weighted by Gasteiger charge is 2.08. The lowest BCUT2D eigenvalue weighted by Gasteiger charge is -2.16. The molecule has 0 aliphatic carbocycles. The molecular formula is C27H46N2O4. The quantitative estimate of drug-likeness (QED) is 0.214. The summed E-state index contributed by atoms with van der Waals surface area (Å²) in [6.07, 6.45) is 12.6. The van der Waals surface area contributed by atoms with Crippen LogP contribution in [0.3, 0.4) is 0 Å². The van der Waals surface area contributed by atoms with Gasteiger partial charge in [0.2, 0.25) is 0 Å². The van der Waals surface area contributed by atoms with Gasteiger partial charge in [-0.25, -0.2) is 4.79 Å². The fourth-order valence-electron chi connectivity index (χ4n) is 3.55. The van der Waals surface area contributed by atoms with Crippen molar-refractivity contribution in [1.82, 2.24) is 10.2 Å². The van der Waals surface area contributed by atoms with Crippen molar-refractivity contribution in [2.24, 2.45) is 5.92 Å². The van der Waals surface area contributed by atoms with Crippen LogP contribution >= 0.6 is 0 Å². The Bertz CT molecular complexity index is 622. The normalized spacial score (nSPS) is 11.1. The highest BCUT2D eigenvalue weighted by Crippen LogP contribution is 2.12. The molecule has 0 spiro atoms. The fraction of sp³-hybridized carbons (Fsp3) is 0.704. The Balaban J connectivity index is 1.83. The molecule has 6 heteroatoms. The number of carbonyl (C=O) groups is 2. The predicted octanol–water partition coefficient (Wildman–Crippen LogP) is 5.60. The lowest BCUT2D eigenvalue weighted by atomic mass is 10.0. The van der Waals surface area contributed by atoms with Gasteiger partial charge in [-0.2, -0.15) is 0 Å². The van der Waals surface area contributed by atoms with Gasteiger partial charge in [-0.15, -0.1) is 0 Å². The molecule has 6 nitrogen and oxygen atoms in total. The molecule has 1 aromatic rings. The average Bonchev–Trinajstić information content (AvgIpc) is 2.80. The van der Waals surface area contributed by atoms with E-state index in [1.807, 2.05) is 0 Å². The molecule has 188 valence electrons. The first-order valence-corrected chi connectivity index (χ1v) is 12.8. The zero-order valence-corrected chi connectivity index (χ0v) is 21.2. The van der Waals surface area contributed by atoms with Gasteiger partial charge in [0.05, 0.1) is 5.92 Å². The summed E-state index contributed by atoms with van der Waals surface area (Å²) < 4.78 is 9.96. The molecule has 33 heavy (non-hydrogen) atoms. The molecular weight excluding hydrogens is 416 g/mol. The van der Waals surface area contributed by atoms with Gasteiger partial charge in [0.25, 0.3) is 0 Å². The average molecular weight is 463 g/mol. The summed E-state index contributed by atoms with van der Waals surface area (Å²) in [6.45, 7) is 6.09.